The first-order valence-electron chi connectivity index (χ1n) is 10.6. The summed E-state index contributed by atoms with van der Waals surface area (Å²) in [5.41, 5.74) is 4.34. The number of carboxylic acid groups (broad SMARTS) is 1. The molecule has 0 heterocycles. The number of carbonyl (C=O) groups is 3. The van der Waals surface area contributed by atoms with Gasteiger partial charge in [0, 0.05) is 6.54 Å². The molecule has 4 N–H and O–H groups in total. The molecule has 2 rings (SSSR count). The maximum absolute atomic E-state index is 12.8. The van der Waals surface area contributed by atoms with Crippen molar-refractivity contribution >= 4 is 17.8 Å². The number of carboxylic acids is 1. The topological polar surface area (TPSA) is 126 Å². The number of hydrogen-bond donors (Lipinski definition) is 4. The lowest BCUT2D eigenvalue weighted by atomic mass is 10.0. The summed E-state index contributed by atoms with van der Waals surface area (Å²) in [4.78, 5) is 42.4. The van der Waals surface area contributed by atoms with Crippen LogP contribution in [0.4, 0.5) is 0 Å². The number of aliphatic carboxylic acids is 1. The van der Waals surface area contributed by atoms with E-state index in [4.69, 9.17) is 9.57 Å². The van der Waals surface area contributed by atoms with Gasteiger partial charge in [-0.15, -0.1) is 0 Å². The molecule has 0 saturated carbocycles. The molecule has 9 nitrogen and oxygen atoms in total. The molecule has 0 aromatic heterocycles. The third kappa shape index (κ3) is 8.91. The molecule has 0 aliphatic carbocycles. The minimum absolute atomic E-state index is 0.0868. The molecule has 2 atom stereocenters. The van der Waals surface area contributed by atoms with Gasteiger partial charge in [0.05, 0.1) is 13.7 Å². The van der Waals surface area contributed by atoms with E-state index in [-0.39, 0.29) is 19.1 Å². The van der Waals surface area contributed by atoms with E-state index in [0.717, 1.165) is 11.1 Å². The van der Waals surface area contributed by atoms with Crippen LogP contribution in [0, 0.1) is 5.92 Å². The van der Waals surface area contributed by atoms with Gasteiger partial charge in [0.15, 0.2) is 0 Å². The van der Waals surface area contributed by atoms with Crippen molar-refractivity contribution in [3.8, 4) is 5.75 Å². The predicted molar refractivity (Wildman–Crippen MR) is 122 cm³/mol. The number of ether oxygens (including phenoxy) is 1. The molecule has 9 heteroatoms. The van der Waals surface area contributed by atoms with Gasteiger partial charge in [0.25, 0.3) is 5.91 Å². The molecule has 2 aromatic rings. The van der Waals surface area contributed by atoms with Gasteiger partial charge in [-0.25, -0.2) is 4.79 Å². The smallest absolute Gasteiger partial charge is 0.336 e. The fraction of sp³-hybridized carbons (Fsp3) is 0.375. The van der Waals surface area contributed by atoms with Gasteiger partial charge in [-0.2, -0.15) is 5.48 Å². The quantitative estimate of drug-likeness (QED) is 0.268. The molecule has 0 spiro atoms. The standard InChI is InChI=1S/C24H31N3O6/c1-16(2)12-20(27-33-15-17-8-5-4-6-9-17)22(28)26-21(24(30)31)23(29)25-14-18-10-7-11-19(13-18)32-3/h4-11,13,16,20-21,27H,12,14-15H2,1-3H3,(H,25,29)(H,26,28)(H,30,31)/t20-,21?/m0/s1. The Morgan fingerprint density at radius 3 is 2.30 bits per heavy atom. The second-order valence-electron chi connectivity index (χ2n) is 7.92. The van der Waals surface area contributed by atoms with Crippen LogP contribution in [0.15, 0.2) is 54.6 Å². The summed E-state index contributed by atoms with van der Waals surface area (Å²) in [6, 6.07) is 13.8. The number of benzene rings is 2. The zero-order valence-electron chi connectivity index (χ0n) is 19.0. The number of rotatable bonds is 13. The van der Waals surface area contributed by atoms with Crippen molar-refractivity contribution in [2.45, 2.75) is 45.5 Å². The molecular weight excluding hydrogens is 426 g/mol. The molecule has 0 saturated heterocycles. The van der Waals surface area contributed by atoms with Crippen molar-refractivity contribution < 1.29 is 29.1 Å². The van der Waals surface area contributed by atoms with Crippen LogP contribution >= 0.6 is 0 Å². The summed E-state index contributed by atoms with van der Waals surface area (Å²) in [5.74, 6) is -2.19. The third-order valence-corrected chi connectivity index (χ3v) is 4.73. The average Bonchev–Trinajstić information content (AvgIpc) is 2.80. The summed E-state index contributed by atoms with van der Waals surface area (Å²) >= 11 is 0. The fourth-order valence-corrected chi connectivity index (χ4v) is 3.04. The van der Waals surface area contributed by atoms with E-state index in [1.165, 1.54) is 7.11 Å². The van der Waals surface area contributed by atoms with Crippen LogP contribution in [0.1, 0.15) is 31.4 Å². The van der Waals surface area contributed by atoms with Gasteiger partial charge < -0.3 is 20.5 Å². The molecule has 2 aromatic carbocycles. The largest absolute Gasteiger partial charge is 0.497 e. The van der Waals surface area contributed by atoms with E-state index >= 15 is 0 Å². The van der Waals surface area contributed by atoms with Crippen molar-refractivity contribution in [2.75, 3.05) is 7.11 Å². The molecule has 33 heavy (non-hydrogen) atoms. The highest BCUT2D eigenvalue weighted by atomic mass is 16.6. The fourth-order valence-electron chi connectivity index (χ4n) is 3.04. The van der Waals surface area contributed by atoms with Gasteiger partial charge in [-0.05, 0) is 35.6 Å². The lowest BCUT2D eigenvalue weighted by molar-refractivity contribution is -0.147. The molecule has 0 aliphatic heterocycles. The Morgan fingerprint density at radius 1 is 0.970 bits per heavy atom. The Morgan fingerprint density at radius 2 is 1.67 bits per heavy atom. The lowest BCUT2D eigenvalue weighted by Gasteiger charge is -2.22. The van der Waals surface area contributed by atoms with Gasteiger partial charge >= 0.3 is 5.97 Å². The Kier molecular flexibility index (Phi) is 10.3. The number of amides is 2. The number of nitrogens with one attached hydrogen (secondary N) is 3. The van der Waals surface area contributed by atoms with Crippen LogP contribution in [0.3, 0.4) is 0 Å². The van der Waals surface area contributed by atoms with Crippen molar-refractivity contribution in [3.63, 3.8) is 0 Å². The summed E-state index contributed by atoms with van der Waals surface area (Å²) in [6.07, 6.45) is 0.387. The van der Waals surface area contributed by atoms with Crippen molar-refractivity contribution in [1.29, 1.82) is 0 Å². The van der Waals surface area contributed by atoms with E-state index in [2.05, 4.69) is 16.1 Å². The normalized spacial score (nSPS) is 12.6. The van der Waals surface area contributed by atoms with E-state index in [9.17, 15) is 19.5 Å². The van der Waals surface area contributed by atoms with Gasteiger partial charge in [-0.3, -0.25) is 14.4 Å². The molecular formula is C24H31N3O6. The Hall–Kier alpha value is -3.43. The number of methoxy groups -OCH3 is 1. The van der Waals surface area contributed by atoms with E-state index in [1.54, 1.807) is 24.3 Å². The maximum atomic E-state index is 12.8. The molecule has 0 fully saturated rings. The zero-order valence-corrected chi connectivity index (χ0v) is 19.0. The summed E-state index contributed by atoms with van der Waals surface area (Å²) in [7, 11) is 1.53. The number of carbonyl (C=O) groups excluding carboxylic acids is 2. The second kappa shape index (κ2) is 13.2. The molecule has 0 aliphatic rings. The minimum atomic E-state index is -1.74. The maximum Gasteiger partial charge on any atom is 0.336 e. The van der Waals surface area contributed by atoms with Gasteiger partial charge in [0.1, 0.15) is 11.8 Å². The van der Waals surface area contributed by atoms with Crippen LogP contribution < -0.4 is 20.9 Å². The summed E-state index contributed by atoms with van der Waals surface area (Å²) < 4.78 is 5.14. The average molecular weight is 458 g/mol. The van der Waals surface area contributed by atoms with E-state index in [1.807, 2.05) is 44.2 Å². The summed E-state index contributed by atoms with van der Waals surface area (Å²) in [5, 5.41) is 14.4. The number of hydroxylamine groups is 1. The molecule has 1 unspecified atom stereocenters. The number of hydrogen-bond acceptors (Lipinski definition) is 6. The highest BCUT2D eigenvalue weighted by Crippen LogP contribution is 2.12. The first kappa shape index (κ1) is 25.8. The van der Waals surface area contributed by atoms with Crippen molar-refractivity contribution in [3.05, 3.63) is 65.7 Å². The van der Waals surface area contributed by atoms with Gasteiger partial charge in [-0.1, -0.05) is 56.3 Å². The van der Waals surface area contributed by atoms with Crippen LogP contribution in [-0.2, 0) is 32.4 Å². The first-order valence-corrected chi connectivity index (χ1v) is 10.6. The second-order valence-corrected chi connectivity index (χ2v) is 7.92. The monoisotopic (exact) mass is 457 g/mol. The Labute approximate surface area is 193 Å². The molecule has 2 amide bonds. The van der Waals surface area contributed by atoms with Crippen LogP contribution in [0.5, 0.6) is 5.75 Å². The predicted octanol–water partition coefficient (Wildman–Crippen LogP) is 2.02. The SMILES string of the molecule is COc1cccc(CNC(=O)C(NC(=O)[C@H](CC(C)C)NOCc2ccccc2)C(=O)O)c1. The molecule has 178 valence electrons. The third-order valence-electron chi connectivity index (χ3n) is 4.73. The van der Waals surface area contributed by atoms with Crippen molar-refractivity contribution in [2.24, 2.45) is 5.92 Å². The zero-order chi connectivity index (χ0) is 24.2. The molecule has 0 radical (unpaired) electrons. The first-order chi connectivity index (χ1) is 15.8. The van der Waals surface area contributed by atoms with E-state index in [0.29, 0.717) is 12.2 Å². The van der Waals surface area contributed by atoms with Crippen molar-refractivity contribution in [1.82, 2.24) is 16.1 Å². The van der Waals surface area contributed by atoms with Crippen LogP contribution in [0.25, 0.3) is 0 Å². The highest BCUT2D eigenvalue weighted by Gasteiger charge is 2.31. The Bertz CT molecular complexity index is 919. The highest BCUT2D eigenvalue weighted by molar-refractivity contribution is 6.04. The summed E-state index contributed by atoms with van der Waals surface area (Å²) in [6.45, 7) is 4.17. The molecule has 0 bridgehead atoms. The lowest BCUT2D eigenvalue weighted by Crippen LogP contribution is -2.56. The van der Waals surface area contributed by atoms with Crippen LogP contribution in [-0.4, -0.2) is 42.1 Å². The van der Waals surface area contributed by atoms with Gasteiger partial charge in [0.2, 0.25) is 11.9 Å². The Balaban J connectivity index is 1.96. The van der Waals surface area contributed by atoms with E-state index < -0.39 is 29.9 Å². The minimum Gasteiger partial charge on any atom is -0.497 e. The van der Waals surface area contributed by atoms with Crippen LogP contribution in [0.2, 0.25) is 0 Å².